The van der Waals surface area contributed by atoms with Crippen LogP contribution in [-0.2, 0) is 4.79 Å². The van der Waals surface area contributed by atoms with Crippen molar-refractivity contribution in [2.24, 2.45) is 0 Å². The Labute approximate surface area is 177 Å². The average molecular weight is 482 g/mol. The van der Waals surface area contributed by atoms with Gasteiger partial charge in [0.15, 0.2) is 16.7 Å². The molecule has 0 spiro atoms. The third-order valence-corrected chi connectivity index (χ3v) is 7.02. The zero-order valence-corrected chi connectivity index (χ0v) is 18.0. The Bertz CT molecular complexity index is 758. The van der Waals surface area contributed by atoms with Gasteiger partial charge in [0.1, 0.15) is 10.0 Å². The molecule has 1 amide bonds. The van der Waals surface area contributed by atoms with E-state index in [0.29, 0.717) is 5.13 Å². The van der Waals surface area contributed by atoms with Crippen LogP contribution in [0, 0.1) is 0 Å². The molecule has 0 saturated heterocycles. The monoisotopic (exact) mass is 479 g/mol. The summed E-state index contributed by atoms with van der Waals surface area (Å²) in [6.45, 7) is 1.70. The van der Waals surface area contributed by atoms with Gasteiger partial charge in [-0.05, 0) is 6.42 Å². The number of aromatic nitrogens is 2. The van der Waals surface area contributed by atoms with E-state index in [1.807, 2.05) is 0 Å². The Balaban J connectivity index is 2.00. The Hall–Kier alpha value is -0.150. The summed E-state index contributed by atoms with van der Waals surface area (Å²) in [6.07, 6.45) is 1.02. The van der Waals surface area contributed by atoms with Crippen molar-refractivity contribution >= 4 is 92.1 Å². The van der Waals surface area contributed by atoms with Crippen LogP contribution >= 0.6 is 81.1 Å². The van der Waals surface area contributed by atoms with Gasteiger partial charge in [-0.15, -0.1) is 10.2 Å². The Morgan fingerprint density at radius 2 is 1.68 bits per heavy atom. The molecule has 0 aliphatic heterocycles. The molecule has 2 aromatic rings. The first kappa shape index (κ1) is 21.2. The largest absolute Gasteiger partial charge is 0.481 e. The zero-order chi connectivity index (χ0) is 18.6. The van der Waals surface area contributed by atoms with Crippen LogP contribution in [0.15, 0.2) is 4.34 Å². The average Bonchev–Trinajstić information content (AvgIpc) is 3.03. The molecule has 0 aliphatic rings. The van der Waals surface area contributed by atoms with Crippen LogP contribution in [0.5, 0.6) is 5.75 Å². The number of rotatable bonds is 7. The molecule has 0 atom stereocenters. The second-order valence-corrected chi connectivity index (χ2v) is 8.67. The van der Waals surface area contributed by atoms with Gasteiger partial charge in [-0.25, -0.2) is 0 Å². The quantitative estimate of drug-likeness (QED) is 0.217. The van der Waals surface area contributed by atoms with E-state index < -0.39 is 5.91 Å². The van der Waals surface area contributed by atoms with Crippen molar-refractivity contribution in [2.75, 3.05) is 17.7 Å². The summed E-state index contributed by atoms with van der Waals surface area (Å²) in [4.78, 5) is 12.0. The van der Waals surface area contributed by atoms with E-state index in [1.54, 1.807) is 11.8 Å². The first-order chi connectivity index (χ1) is 11.8. The topological polar surface area (TPSA) is 64.1 Å². The zero-order valence-electron chi connectivity index (χ0n) is 12.5. The minimum atomic E-state index is -0.461. The molecule has 1 heterocycles. The van der Waals surface area contributed by atoms with Crippen LogP contribution < -0.4 is 10.1 Å². The summed E-state index contributed by atoms with van der Waals surface area (Å²) in [5, 5.41) is 10.8. The summed E-state index contributed by atoms with van der Waals surface area (Å²) in [5.74, 6) is 0.452. The normalized spacial score (nSPS) is 10.8. The lowest BCUT2D eigenvalue weighted by molar-refractivity contribution is -0.118. The van der Waals surface area contributed by atoms with Crippen molar-refractivity contribution in [2.45, 2.75) is 17.7 Å². The third-order valence-electron chi connectivity index (χ3n) is 2.60. The van der Waals surface area contributed by atoms with Gasteiger partial charge in [-0.1, -0.05) is 88.0 Å². The predicted octanol–water partition coefficient (Wildman–Crippen LogP) is 6.32. The number of nitrogens with zero attached hydrogens (tertiary/aromatic N) is 2. The van der Waals surface area contributed by atoms with Crippen molar-refractivity contribution in [3.05, 3.63) is 25.1 Å². The number of anilines is 1. The maximum absolute atomic E-state index is 12.0. The summed E-state index contributed by atoms with van der Waals surface area (Å²) >= 11 is 32.7. The Morgan fingerprint density at radius 3 is 2.28 bits per heavy atom. The molecule has 0 radical (unpaired) electrons. The van der Waals surface area contributed by atoms with Gasteiger partial charge in [-0.3, -0.25) is 10.1 Å². The van der Waals surface area contributed by atoms with E-state index in [9.17, 15) is 4.79 Å². The van der Waals surface area contributed by atoms with Crippen molar-refractivity contribution in [1.29, 1.82) is 0 Å². The fourth-order valence-corrected chi connectivity index (χ4v) is 4.44. The number of carbonyl (C=O) groups excluding carboxylic acids is 1. The van der Waals surface area contributed by atoms with E-state index in [1.165, 1.54) is 11.3 Å². The number of ether oxygens (including phenoxy) is 1. The molecule has 12 heteroatoms. The fraction of sp³-hybridized carbons (Fsp3) is 0.308. The molecule has 1 aromatic heterocycles. The van der Waals surface area contributed by atoms with Crippen molar-refractivity contribution in [3.8, 4) is 5.75 Å². The second kappa shape index (κ2) is 9.69. The smallest absolute Gasteiger partial charge is 0.264 e. The van der Waals surface area contributed by atoms with Crippen LogP contribution in [0.3, 0.4) is 0 Å². The minimum Gasteiger partial charge on any atom is -0.481 e. The molecule has 0 aliphatic carbocycles. The van der Waals surface area contributed by atoms with E-state index >= 15 is 0 Å². The molecule has 2 rings (SSSR count). The molecule has 0 saturated carbocycles. The molecule has 0 unspecified atom stereocenters. The minimum absolute atomic E-state index is 0.00476. The van der Waals surface area contributed by atoms with E-state index in [-0.39, 0.29) is 37.5 Å². The van der Waals surface area contributed by atoms with Gasteiger partial charge in [0.05, 0.1) is 15.1 Å². The molecule has 0 fully saturated rings. The third kappa shape index (κ3) is 5.42. The first-order valence-electron chi connectivity index (χ1n) is 6.75. The standard InChI is InChI=1S/C13H10Cl5N3O2S2/c1-2-3-24-13-21-20-12(25-13)19-5(22)4-23-11-9(17)7(15)6(14)8(16)10(11)18/h2-4H2,1H3,(H,19,20,22). The number of hydrogen-bond donors (Lipinski definition) is 1. The lowest BCUT2D eigenvalue weighted by Crippen LogP contribution is -2.20. The molecule has 1 N–H and O–H groups in total. The number of benzene rings is 1. The predicted molar refractivity (Wildman–Crippen MR) is 107 cm³/mol. The number of halogens is 5. The summed E-state index contributed by atoms with van der Waals surface area (Å²) in [5.41, 5.74) is 0. The number of amides is 1. The van der Waals surface area contributed by atoms with Crippen molar-refractivity contribution < 1.29 is 9.53 Å². The van der Waals surface area contributed by atoms with Crippen LogP contribution in [0.25, 0.3) is 0 Å². The highest BCUT2D eigenvalue weighted by Gasteiger charge is 2.21. The molecular formula is C13H10Cl5N3O2S2. The van der Waals surface area contributed by atoms with E-state index in [2.05, 4.69) is 22.4 Å². The number of thioether (sulfide) groups is 1. The molecule has 136 valence electrons. The lowest BCUT2D eigenvalue weighted by atomic mass is 10.3. The van der Waals surface area contributed by atoms with Gasteiger partial charge in [0.2, 0.25) is 5.13 Å². The van der Waals surface area contributed by atoms with E-state index in [0.717, 1.165) is 16.5 Å². The second-order valence-electron chi connectivity index (χ2n) is 4.46. The van der Waals surface area contributed by atoms with Gasteiger partial charge in [0, 0.05) is 5.75 Å². The highest BCUT2D eigenvalue weighted by Crippen LogP contribution is 2.48. The van der Waals surface area contributed by atoms with Crippen molar-refractivity contribution in [3.63, 3.8) is 0 Å². The molecule has 0 bridgehead atoms. The highest BCUT2D eigenvalue weighted by molar-refractivity contribution is 8.01. The number of hydrogen-bond acceptors (Lipinski definition) is 6. The Kier molecular flexibility index (Phi) is 8.20. The highest BCUT2D eigenvalue weighted by atomic mass is 35.5. The molecule has 25 heavy (non-hydrogen) atoms. The number of carbonyl (C=O) groups is 1. The number of nitrogens with one attached hydrogen (secondary N) is 1. The summed E-state index contributed by atoms with van der Waals surface area (Å²) < 4.78 is 6.12. The first-order valence-corrected chi connectivity index (χ1v) is 10.4. The van der Waals surface area contributed by atoms with Gasteiger partial charge in [-0.2, -0.15) is 0 Å². The Morgan fingerprint density at radius 1 is 1.08 bits per heavy atom. The van der Waals surface area contributed by atoms with Gasteiger partial charge < -0.3 is 4.74 Å². The summed E-state index contributed by atoms with van der Waals surface area (Å²) in [7, 11) is 0. The van der Waals surface area contributed by atoms with E-state index in [4.69, 9.17) is 62.7 Å². The van der Waals surface area contributed by atoms with Crippen molar-refractivity contribution in [1.82, 2.24) is 10.2 Å². The maximum Gasteiger partial charge on any atom is 0.264 e. The molecule has 5 nitrogen and oxygen atoms in total. The summed E-state index contributed by atoms with van der Waals surface area (Å²) in [6, 6.07) is 0. The molecule has 1 aromatic carbocycles. The van der Waals surface area contributed by atoms with Crippen LogP contribution in [0.4, 0.5) is 5.13 Å². The maximum atomic E-state index is 12.0. The van der Waals surface area contributed by atoms with Crippen LogP contribution in [0.1, 0.15) is 13.3 Å². The lowest BCUT2D eigenvalue weighted by Gasteiger charge is -2.13. The van der Waals surface area contributed by atoms with Gasteiger partial charge >= 0.3 is 0 Å². The SMILES string of the molecule is CCCSc1nnc(NC(=O)COc2c(Cl)c(Cl)c(Cl)c(Cl)c2Cl)s1. The van der Waals surface area contributed by atoms with Gasteiger partial charge in [0.25, 0.3) is 5.91 Å². The van der Waals surface area contributed by atoms with Crippen LogP contribution in [0.2, 0.25) is 25.1 Å². The fourth-order valence-electron chi connectivity index (χ4n) is 1.51. The molecular weight excluding hydrogens is 472 g/mol. The van der Waals surface area contributed by atoms with Crippen LogP contribution in [-0.4, -0.2) is 28.5 Å².